The summed E-state index contributed by atoms with van der Waals surface area (Å²) in [5.74, 6) is 0. The normalized spacial score (nSPS) is 10.9. The van der Waals surface area contributed by atoms with Crippen LogP contribution in [0, 0.1) is 16.5 Å². The molecule has 0 aliphatic heterocycles. The Labute approximate surface area is 346 Å². The molecule has 0 fully saturated rings. The van der Waals surface area contributed by atoms with Crippen molar-refractivity contribution in [3.63, 3.8) is 0 Å². The Morgan fingerprint density at radius 3 is 1.02 bits per heavy atom. The first kappa shape index (κ1) is 40.4. The molecule has 0 aliphatic carbocycles. The molecular weight excluding hydrogens is 982 g/mol. The molecule has 0 saturated carbocycles. The summed E-state index contributed by atoms with van der Waals surface area (Å²) in [6.07, 6.45) is 0. The molecule has 8 aromatic rings. The van der Waals surface area contributed by atoms with Crippen LogP contribution in [0.1, 0.15) is 11.0 Å². The number of rotatable bonds is 8. The molecule has 1 atom stereocenters. The molecule has 4 nitrogen and oxygen atoms in total. The van der Waals surface area contributed by atoms with Crippen molar-refractivity contribution >= 4 is 83.0 Å². The van der Waals surface area contributed by atoms with E-state index >= 15 is 0 Å². The van der Waals surface area contributed by atoms with Gasteiger partial charge < -0.3 is 10.7 Å². The minimum atomic E-state index is -1.83. The molecule has 0 radical (unpaired) electrons. The number of thiazole rings is 1. The van der Waals surface area contributed by atoms with E-state index in [1.54, 1.807) is 5.48 Å². The molecule has 0 spiro atoms. The fourth-order valence-corrected chi connectivity index (χ4v) is 19.6. The molecule has 0 bridgehead atoms. The summed E-state index contributed by atoms with van der Waals surface area (Å²) in [5.41, 5.74) is 2.49. The molecule has 1 unspecified atom stereocenters. The van der Waals surface area contributed by atoms with Crippen LogP contribution in [-0.4, -0.2) is 45.4 Å². The van der Waals surface area contributed by atoms with Crippen LogP contribution < -0.4 is 26.5 Å². The van der Waals surface area contributed by atoms with Crippen molar-refractivity contribution < 1.29 is 22.4 Å². The van der Waals surface area contributed by atoms with Gasteiger partial charge in [0, 0.05) is 0 Å². The van der Waals surface area contributed by atoms with E-state index in [4.69, 9.17) is 5.26 Å². The average molecular weight is 1020 g/mol. The number of nitrogens with zero attached hydrogens (tertiary/aromatic N) is 2. The number of hydrogen-bond donors (Lipinski definition) is 1. The first-order valence-corrected chi connectivity index (χ1v) is 25.3. The molecule has 7 aromatic carbocycles. The number of hydrogen-bond acceptors (Lipinski definition) is 5. The number of hydroxylamine groups is 1. The molecule has 0 amide bonds. The van der Waals surface area contributed by atoms with Gasteiger partial charge in [-0.15, -0.1) is 11.3 Å². The zero-order chi connectivity index (χ0) is 35.8. The van der Waals surface area contributed by atoms with Gasteiger partial charge in [-0.2, -0.15) is 5.26 Å². The third-order valence-electron chi connectivity index (χ3n) is 7.89. The SMILES string of the molecule is N#CC(N[O-])c1nc2ccccc2s1.[Ag+].c1cc[c]([Sb]([c]2ccccc2)[c]2ccccc2)cc1.c1cc[c]([Sb]([c]2ccccc2)[c]2ccccc2)cc1. The molecule has 264 valence electrons. The third-order valence-corrected chi connectivity index (χ3v) is 22.9. The third kappa shape index (κ3) is 11.4. The zero-order valence-corrected chi connectivity index (χ0v) is 36.0. The molecule has 1 aromatic heterocycles. The number of aromatic nitrogens is 1. The van der Waals surface area contributed by atoms with Crippen molar-refractivity contribution in [3.8, 4) is 6.07 Å². The van der Waals surface area contributed by atoms with Gasteiger partial charge in [0.25, 0.3) is 0 Å². The number of fused-ring (bicyclic) bond motifs is 1. The van der Waals surface area contributed by atoms with Gasteiger partial charge >= 0.3 is 266 Å². The Balaban J connectivity index is 0.000000154. The maximum absolute atomic E-state index is 10.4. The Morgan fingerprint density at radius 2 is 0.755 bits per heavy atom. The second-order valence-corrected chi connectivity index (χ2v) is 25.1. The fraction of sp³-hybridized carbons (Fsp3) is 0.0222. The maximum atomic E-state index is 10.4. The Kier molecular flexibility index (Phi) is 16.6. The molecule has 1 N–H and O–H groups in total. The van der Waals surface area contributed by atoms with Gasteiger partial charge in [0.15, 0.2) is 0 Å². The number of benzene rings is 7. The second-order valence-electron chi connectivity index (χ2n) is 11.4. The summed E-state index contributed by atoms with van der Waals surface area (Å²) >= 11 is -2.29. The van der Waals surface area contributed by atoms with E-state index in [9.17, 15) is 5.21 Å². The van der Waals surface area contributed by atoms with E-state index in [0.29, 0.717) is 5.01 Å². The van der Waals surface area contributed by atoms with Gasteiger partial charge in [-0.05, 0) is 12.1 Å². The zero-order valence-electron chi connectivity index (χ0n) is 28.6. The van der Waals surface area contributed by atoms with Gasteiger partial charge in [0.2, 0.25) is 0 Å². The van der Waals surface area contributed by atoms with E-state index in [2.05, 4.69) is 187 Å². The van der Waals surface area contributed by atoms with Crippen molar-refractivity contribution in [1.82, 2.24) is 10.5 Å². The molecule has 0 saturated heterocycles. The predicted octanol–water partition coefficient (Wildman–Crippen LogP) is 6.35. The van der Waals surface area contributed by atoms with Gasteiger partial charge in [0.05, 0.1) is 16.3 Å². The topological polar surface area (TPSA) is 71.8 Å². The van der Waals surface area contributed by atoms with Crippen LogP contribution >= 0.6 is 11.3 Å². The van der Waals surface area contributed by atoms with Crippen molar-refractivity contribution in [3.05, 3.63) is 216 Å². The van der Waals surface area contributed by atoms with Crippen molar-refractivity contribution in [1.29, 1.82) is 5.26 Å². The van der Waals surface area contributed by atoms with Gasteiger partial charge in [-0.3, -0.25) is 0 Å². The molecule has 8 rings (SSSR count). The molecule has 8 heteroatoms. The molecule has 0 aliphatic rings. The molecule has 53 heavy (non-hydrogen) atoms. The van der Waals surface area contributed by atoms with Crippen LogP contribution in [0.4, 0.5) is 0 Å². The quantitative estimate of drug-likeness (QED) is 0.143. The summed E-state index contributed by atoms with van der Waals surface area (Å²) in [7, 11) is 0. The predicted molar refractivity (Wildman–Crippen MR) is 222 cm³/mol. The van der Waals surface area contributed by atoms with Crippen LogP contribution in [0.3, 0.4) is 0 Å². The first-order valence-electron chi connectivity index (χ1n) is 16.8. The van der Waals surface area contributed by atoms with E-state index < -0.39 is 46.5 Å². The minimum absolute atomic E-state index is 0. The summed E-state index contributed by atoms with van der Waals surface area (Å²) in [6, 6.07) is 74.3. The van der Waals surface area contributed by atoms with Crippen molar-refractivity contribution in [2.24, 2.45) is 0 Å². The van der Waals surface area contributed by atoms with E-state index in [1.807, 2.05) is 30.3 Å². The van der Waals surface area contributed by atoms with E-state index in [-0.39, 0.29) is 22.4 Å². The van der Waals surface area contributed by atoms with Crippen molar-refractivity contribution in [2.75, 3.05) is 0 Å². The van der Waals surface area contributed by atoms with Crippen LogP contribution in [0.2, 0.25) is 0 Å². The van der Waals surface area contributed by atoms with Crippen LogP contribution in [-0.2, 0) is 22.4 Å². The summed E-state index contributed by atoms with van der Waals surface area (Å²) in [5, 5.41) is 19.6. The Bertz CT molecular complexity index is 1920. The van der Waals surface area contributed by atoms with Crippen molar-refractivity contribution in [2.45, 2.75) is 6.04 Å². The van der Waals surface area contributed by atoms with Crippen LogP contribution in [0.15, 0.2) is 206 Å². The van der Waals surface area contributed by atoms with Gasteiger partial charge in [-0.1, -0.05) is 12.1 Å². The summed E-state index contributed by atoms with van der Waals surface area (Å²) in [4.78, 5) is 4.19. The number of para-hydroxylation sites is 1. The van der Waals surface area contributed by atoms with Gasteiger partial charge in [-0.25, -0.2) is 4.98 Å². The van der Waals surface area contributed by atoms with E-state index in [0.717, 1.165) is 10.2 Å². The van der Waals surface area contributed by atoms with Gasteiger partial charge in [0.1, 0.15) is 11.0 Å². The van der Waals surface area contributed by atoms with E-state index in [1.165, 1.54) is 32.4 Å². The number of nitrogens with one attached hydrogen (secondary N) is 1. The summed E-state index contributed by atoms with van der Waals surface area (Å²) < 4.78 is 10.1. The standard InChI is InChI=1S/C9H6N3OS.6C6H5.Ag.2Sb/c10-5-7(12-13)9-11-6-3-1-2-4-8(6)14-9;6*1-2-4-6-5-3-1;;;/h1-4,7,12H;6*1-5H;;;/q-1;;;;;;;+1;;. The molecular formula is C45H36AgN3OSSb2. The first-order chi connectivity index (χ1) is 25.7. The summed E-state index contributed by atoms with van der Waals surface area (Å²) in [6.45, 7) is 0. The fourth-order valence-electron chi connectivity index (χ4n) is 5.50. The average Bonchev–Trinajstić information content (AvgIpc) is 3.66. The van der Waals surface area contributed by atoms with Crippen LogP contribution in [0.5, 0.6) is 0 Å². The number of nitriles is 1. The second kappa shape index (κ2) is 21.8. The Hall–Kier alpha value is -3.78. The molecule has 1 heterocycles. The monoisotopic (exact) mass is 1010 g/mol. The Morgan fingerprint density at radius 1 is 0.472 bits per heavy atom. The van der Waals surface area contributed by atoms with Crippen LogP contribution in [0.25, 0.3) is 10.2 Å².